The molecule has 4 aromatic rings. The van der Waals surface area contributed by atoms with E-state index in [1.807, 2.05) is 6.07 Å². The van der Waals surface area contributed by atoms with E-state index in [0.717, 1.165) is 48.3 Å². The Bertz CT molecular complexity index is 1150. The van der Waals surface area contributed by atoms with Gasteiger partial charge in [-0.05, 0) is 31.0 Å². The van der Waals surface area contributed by atoms with Gasteiger partial charge < -0.3 is 10.2 Å². The number of para-hydroxylation sites is 1. The minimum absolute atomic E-state index is 0.724. The van der Waals surface area contributed by atoms with E-state index in [0.29, 0.717) is 0 Å². The van der Waals surface area contributed by atoms with Crippen LogP contribution in [0.25, 0.3) is 16.9 Å². The van der Waals surface area contributed by atoms with Crippen molar-refractivity contribution in [2.24, 2.45) is 0 Å². The molecule has 5 rings (SSSR count). The summed E-state index contributed by atoms with van der Waals surface area (Å²) in [5, 5.41) is 4.77. The Labute approximate surface area is 164 Å². The van der Waals surface area contributed by atoms with Crippen molar-refractivity contribution in [3.63, 3.8) is 0 Å². The van der Waals surface area contributed by atoms with Crippen LogP contribution in [0.15, 0.2) is 60.7 Å². The predicted molar refractivity (Wildman–Crippen MR) is 114 cm³/mol. The van der Waals surface area contributed by atoms with Gasteiger partial charge in [0.2, 0.25) is 5.95 Å². The molecular weight excluding hydrogens is 346 g/mol. The molecule has 3 heterocycles. The molecule has 5 heteroatoms. The Morgan fingerprint density at radius 2 is 1.79 bits per heavy atom. The number of benzene rings is 2. The van der Waals surface area contributed by atoms with Crippen LogP contribution in [-0.4, -0.2) is 28.1 Å². The van der Waals surface area contributed by atoms with Gasteiger partial charge >= 0.3 is 0 Å². The van der Waals surface area contributed by atoms with Gasteiger partial charge in [0.15, 0.2) is 0 Å². The topological polar surface area (TPSA) is 46.0 Å². The number of aryl methyl sites for hydroxylation is 1. The van der Waals surface area contributed by atoms with Crippen molar-refractivity contribution in [3.05, 3.63) is 77.5 Å². The first-order valence-corrected chi connectivity index (χ1v) is 9.68. The minimum Gasteiger partial charge on any atom is -0.366 e. The average molecular weight is 369 g/mol. The highest BCUT2D eigenvalue weighted by Gasteiger charge is 2.24. The summed E-state index contributed by atoms with van der Waals surface area (Å²) in [6.45, 7) is 3.83. The molecule has 1 aliphatic heterocycles. The molecule has 0 aliphatic carbocycles. The van der Waals surface area contributed by atoms with Crippen LogP contribution in [0.3, 0.4) is 0 Å². The van der Waals surface area contributed by atoms with Gasteiger partial charge in [0.05, 0.1) is 5.52 Å². The van der Waals surface area contributed by atoms with Crippen molar-refractivity contribution in [3.8, 4) is 5.95 Å². The quantitative estimate of drug-likeness (QED) is 0.581. The second-order valence-electron chi connectivity index (χ2n) is 7.37. The van der Waals surface area contributed by atoms with E-state index >= 15 is 0 Å². The van der Waals surface area contributed by atoms with Crippen LogP contribution in [0.1, 0.15) is 16.8 Å². The highest BCUT2D eigenvalue weighted by molar-refractivity contribution is 5.83. The number of aromatic nitrogens is 3. The molecule has 28 heavy (non-hydrogen) atoms. The molecule has 0 bridgehead atoms. The third-order valence-electron chi connectivity index (χ3n) is 5.43. The van der Waals surface area contributed by atoms with Gasteiger partial charge in [-0.1, -0.05) is 48.5 Å². The molecule has 0 radical (unpaired) electrons. The molecule has 0 saturated heterocycles. The van der Waals surface area contributed by atoms with Gasteiger partial charge in [-0.3, -0.25) is 4.57 Å². The maximum absolute atomic E-state index is 4.96. The van der Waals surface area contributed by atoms with Crippen LogP contribution >= 0.6 is 0 Å². The largest absolute Gasteiger partial charge is 0.366 e. The van der Waals surface area contributed by atoms with Crippen molar-refractivity contribution >= 4 is 22.5 Å². The van der Waals surface area contributed by atoms with Crippen molar-refractivity contribution < 1.29 is 0 Å². The summed E-state index contributed by atoms with van der Waals surface area (Å²) in [6, 6.07) is 21.0. The number of hydrogen-bond acceptors (Lipinski definition) is 4. The van der Waals surface area contributed by atoms with E-state index in [9.17, 15) is 0 Å². The van der Waals surface area contributed by atoms with E-state index in [2.05, 4.69) is 83.4 Å². The zero-order valence-corrected chi connectivity index (χ0v) is 16.2. The summed E-state index contributed by atoms with van der Waals surface area (Å²) in [5.41, 5.74) is 4.71. The summed E-state index contributed by atoms with van der Waals surface area (Å²) in [5.74, 6) is 2.69. The minimum atomic E-state index is 0.724. The monoisotopic (exact) mass is 369 g/mol. The molecule has 0 fully saturated rings. The Hall–Kier alpha value is -3.34. The maximum atomic E-state index is 4.96. The molecular formula is C23H23N5. The fraction of sp³-hybridized carbons (Fsp3) is 0.217. The highest BCUT2D eigenvalue weighted by atomic mass is 15.3. The summed E-state index contributed by atoms with van der Waals surface area (Å²) in [6.07, 6.45) is 0.967. The molecule has 2 aromatic carbocycles. The van der Waals surface area contributed by atoms with Gasteiger partial charge in [0.1, 0.15) is 11.6 Å². The second kappa shape index (κ2) is 6.68. The van der Waals surface area contributed by atoms with E-state index in [4.69, 9.17) is 9.97 Å². The van der Waals surface area contributed by atoms with Gasteiger partial charge in [0.25, 0.3) is 0 Å². The number of hydrogen-bond donors (Lipinski definition) is 1. The number of nitrogens with one attached hydrogen (secondary N) is 1. The fourth-order valence-corrected chi connectivity index (χ4v) is 3.98. The van der Waals surface area contributed by atoms with Crippen molar-refractivity contribution in [1.82, 2.24) is 14.5 Å². The van der Waals surface area contributed by atoms with Gasteiger partial charge in [-0.2, -0.15) is 9.97 Å². The normalized spacial score (nSPS) is 13.1. The van der Waals surface area contributed by atoms with Crippen molar-refractivity contribution in [1.29, 1.82) is 0 Å². The third kappa shape index (κ3) is 2.80. The summed E-state index contributed by atoms with van der Waals surface area (Å²) in [4.78, 5) is 12.1. The van der Waals surface area contributed by atoms with Crippen molar-refractivity contribution in [2.75, 3.05) is 23.8 Å². The van der Waals surface area contributed by atoms with E-state index in [1.165, 1.54) is 16.5 Å². The Balaban J connectivity index is 1.61. The lowest BCUT2D eigenvalue weighted by Crippen LogP contribution is -2.16. The van der Waals surface area contributed by atoms with E-state index in [1.54, 1.807) is 0 Å². The number of rotatable bonds is 4. The molecule has 1 aliphatic rings. The summed E-state index contributed by atoms with van der Waals surface area (Å²) in [7, 11) is 2.10. The number of nitrogens with zero attached hydrogens (tertiary/aromatic N) is 4. The zero-order chi connectivity index (χ0) is 19.1. The first kappa shape index (κ1) is 16.8. The Morgan fingerprint density at radius 1 is 1.00 bits per heavy atom. The average Bonchev–Trinajstić information content (AvgIpc) is 3.26. The number of fused-ring (bicyclic) bond motifs is 2. The highest BCUT2D eigenvalue weighted by Crippen LogP contribution is 2.32. The Kier molecular flexibility index (Phi) is 4.01. The summed E-state index contributed by atoms with van der Waals surface area (Å²) < 4.78 is 2.15. The molecule has 5 nitrogen and oxygen atoms in total. The fourth-order valence-electron chi connectivity index (χ4n) is 3.98. The molecule has 140 valence electrons. The van der Waals surface area contributed by atoms with Gasteiger partial charge in [-0.15, -0.1) is 0 Å². The predicted octanol–water partition coefficient (Wildman–Crippen LogP) is 4.33. The molecule has 0 unspecified atom stereocenters. The first-order chi connectivity index (χ1) is 13.7. The molecule has 0 amide bonds. The van der Waals surface area contributed by atoms with Crippen LogP contribution in [0.2, 0.25) is 0 Å². The molecule has 1 N–H and O–H groups in total. The first-order valence-electron chi connectivity index (χ1n) is 9.68. The van der Waals surface area contributed by atoms with Crippen molar-refractivity contribution in [2.45, 2.75) is 19.9 Å². The van der Waals surface area contributed by atoms with Crippen LogP contribution in [-0.2, 0) is 13.0 Å². The Morgan fingerprint density at radius 3 is 2.64 bits per heavy atom. The van der Waals surface area contributed by atoms with Crippen LogP contribution in [0.5, 0.6) is 0 Å². The van der Waals surface area contributed by atoms with Crippen LogP contribution in [0.4, 0.5) is 11.6 Å². The smallest absolute Gasteiger partial charge is 0.238 e. The van der Waals surface area contributed by atoms with Crippen LogP contribution < -0.4 is 10.2 Å². The molecule has 0 atom stereocenters. The second-order valence-corrected chi connectivity index (χ2v) is 7.37. The third-order valence-corrected chi connectivity index (χ3v) is 5.43. The SMILES string of the molecule is Cc1cc2ccccc2n1-c1nc(NCc2ccccc2)c2c(n1)N(C)CC2. The standard InChI is InChI=1S/C23H23N5/c1-16-14-18-10-6-7-11-20(18)28(16)23-25-21(19-12-13-27(2)22(19)26-23)24-15-17-8-4-3-5-9-17/h3-11,14H,12-13,15H2,1-2H3,(H,24,25,26). The van der Waals surface area contributed by atoms with Crippen LogP contribution in [0, 0.1) is 6.92 Å². The maximum Gasteiger partial charge on any atom is 0.238 e. The zero-order valence-electron chi connectivity index (χ0n) is 16.2. The molecule has 0 saturated carbocycles. The lowest BCUT2D eigenvalue weighted by molar-refractivity contribution is 0.908. The lowest BCUT2D eigenvalue weighted by atomic mass is 10.2. The molecule has 0 spiro atoms. The van der Waals surface area contributed by atoms with E-state index in [-0.39, 0.29) is 0 Å². The molecule has 2 aromatic heterocycles. The van der Waals surface area contributed by atoms with Gasteiger partial charge in [-0.25, -0.2) is 0 Å². The van der Waals surface area contributed by atoms with Gasteiger partial charge in [0, 0.05) is 36.8 Å². The number of likely N-dealkylation sites (N-methyl/N-ethyl adjacent to an activating group) is 1. The summed E-state index contributed by atoms with van der Waals surface area (Å²) >= 11 is 0. The lowest BCUT2D eigenvalue weighted by Gasteiger charge is -2.16. The van der Waals surface area contributed by atoms with E-state index < -0.39 is 0 Å². The number of anilines is 2.